The SMILES string of the molecule is CCCC1(CNC(=O)c2ccc(S)cc2)CC1. The predicted molar refractivity (Wildman–Crippen MR) is 72.6 cm³/mol. The standard InChI is InChI=1S/C14H19NOS/c1-2-7-14(8-9-14)10-15-13(16)11-3-5-12(17)6-4-11/h3-6,17H,2,7-10H2,1H3,(H,15,16). The molecule has 3 heteroatoms. The van der Waals surface area contributed by atoms with Crippen LogP contribution in [0.15, 0.2) is 29.2 Å². The molecule has 1 N–H and O–H groups in total. The maximum atomic E-state index is 11.9. The lowest BCUT2D eigenvalue weighted by atomic mass is 10.0. The van der Waals surface area contributed by atoms with E-state index in [0.29, 0.717) is 5.41 Å². The summed E-state index contributed by atoms with van der Waals surface area (Å²) in [7, 11) is 0. The molecular formula is C14H19NOS. The lowest BCUT2D eigenvalue weighted by Crippen LogP contribution is -2.30. The number of carbonyl (C=O) groups excluding carboxylic acids is 1. The molecule has 0 aromatic heterocycles. The Hall–Kier alpha value is -0.960. The maximum absolute atomic E-state index is 11.9. The Balaban J connectivity index is 1.87. The molecule has 1 aromatic rings. The minimum absolute atomic E-state index is 0.0284. The van der Waals surface area contributed by atoms with E-state index in [9.17, 15) is 4.79 Å². The van der Waals surface area contributed by atoms with Crippen molar-refractivity contribution in [2.45, 2.75) is 37.5 Å². The molecule has 17 heavy (non-hydrogen) atoms. The summed E-state index contributed by atoms with van der Waals surface area (Å²) in [5.74, 6) is 0.0284. The highest BCUT2D eigenvalue weighted by Crippen LogP contribution is 2.48. The molecule has 0 bridgehead atoms. The average Bonchev–Trinajstić information content (AvgIpc) is 3.08. The van der Waals surface area contributed by atoms with Gasteiger partial charge in [-0.15, -0.1) is 12.6 Å². The Kier molecular flexibility index (Phi) is 3.77. The smallest absolute Gasteiger partial charge is 0.251 e. The van der Waals surface area contributed by atoms with Crippen LogP contribution in [0.3, 0.4) is 0 Å². The number of rotatable bonds is 5. The minimum Gasteiger partial charge on any atom is -0.351 e. The van der Waals surface area contributed by atoms with E-state index in [1.165, 1.54) is 25.7 Å². The van der Waals surface area contributed by atoms with Gasteiger partial charge in [-0.3, -0.25) is 4.79 Å². The summed E-state index contributed by atoms with van der Waals surface area (Å²) in [6.45, 7) is 3.02. The molecule has 0 unspecified atom stereocenters. The largest absolute Gasteiger partial charge is 0.351 e. The molecule has 2 nitrogen and oxygen atoms in total. The molecule has 0 heterocycles. The number of benzene rings is 1. The van der Waals surface area contributed by atoms with Crippen LogP contribution < -0.4 is 5.32 Å². The van der Waals surface area contributed by atoms with Crippen LogP contribution in [0.25, 0.3) is 0 Å². The van der Waals surface area contributed by atoms with Crippen molar-refractivity contribution in [1.29, 1.82) is 0 Å². The Labute approximate surface area is 108 Å². The molecule has 1 aliphatic rings. The third-order valence-corrected chi connectivity index (χ3v) is 3.79. The van der Waals surface area contributed by atoms with Crippen LogP contribution in [-0.2, 0) is 0 Å². The molecule has 1 aromatic carbocycles. The van der Waals surface area contributed by atoms with Gasteiger partial charge in [-0.1, -0.05) is 13.3 Å². The molecule has 0 saturated heterocycles. The van der Waals surface area contributed by atoms with E-state index >= 15 is 0 Å². The van der Waals surface area contributed by atoms with Gasteiger partial charge < -0.3 is 5.32 Å². The number of amides is 1. The highest BCUT2D eigenvalue weighted by atomic mass is 32.1. The Morgan fingerprint density at radius 1 is 1.35 bits per heavy atom. The first-order valence-corrected chi connectivity index (χ1v) is 6.67. The zero-order valence-electron chi connectivity index (χ0n) is 10.2. The molecule has 0 radical (unpaired) electrons. The fourth-order valence-electron chi connectivity index (χ4n) is 2.20. The average molecular weight is 249 g/mol. The zero-order chi connectivity index (χ0) is 12.3. The van der Waals surface area contributed by atoms with Crippen molar-refractivity contribution in [2.24, 2.45) is 5.41 Å². The monoisotopic (exact) mass is 249 g/mol. The third-order valence-electron chi connectivity index (χ3n) is 3.49. The lowest BCUT2D eigenvalue weighted by Gasteiger charge is -2.14. The van der Waals surface area contributed by atoms with Gasteiger partial charge in [0.15, 0.2) is 0 Å². The van der Waals surface area contributed by atoms with Gasteiger partial charge in [-0.2, -0.15) is 0 Å². The first-order chi connectivity index (χ1) is 8.15. The summed E-state index contributed by atoms with van der Waals surface area (Å²) in [6.07, 6.45) is 4.94. The van der Waals surface area contributed by atoms with E-state index in [4.69, 9.17) is 0 Å². The Morgan fingerprint density at radius 3 is 2.53 bits per heavy atom. The molecule has 1 aliphatic carbocycles. The van der Waals surface area contributed by atoms with Crippen molar-refractivity contribution in [1.82, 2.24) is 5.32 Å². The van der Waals surface area contributed by atoms with E-state index in [2.05, 4.69) is 24.9 Å². The number of thiol groups is 1. The van der Waals surface area contributed by atoms with Crippen molar-refractivity contribution in [3.05, 3.63) is 29.8 Å². The second-order valence-corrected chi connectivity index (χ2v) is 5.50. The van der Waals surface area contributed by atoms with Crippen LogP contribution in [0.5, 0.6) is 0 Å². The second-order valence-electron chi connectivity index (χ2n) is 4.98. The highest BCUT2D eigenvalue weighted by Gasteiger charge is 2.41. The van der Waals surface area contributed by atoms with E-state index in [-0.39, 0.29) is 5.91 Å². The van der Waals surface area contributed by atoms with Gasteiger partial charge >= 0.3 is 0 Å². The van der Waals surface area contributed by atoms with Crippen molar-refractivity contribution in [3.63, 3.8) is 0 Å². The van der Waals surface area contributed by atoms with Gasteiger partial charge in [-0.25, -0.2) is 0 Å². The van der Waals surface area contributed by atoms with Crippen LogP contribution >= 0.6 is 12.6 Å². The molecule has 0 aliphatic heterocycles. The number of carbonyl (C=O) groups is 1. The highest BCUT2D eigenvalue weighted by molar-refractivity contribution is 7.80. The Bertz CT molecular complexity index is 395. The summed E-state index contributed by atoms with van der Waals surface area (Å²) in [5, 5.41) is 3.04. The number of nitrogens with one attached hydrogen (secondary N) is 1. The fourth-order valence-corrected chi connectivity index (χ4v) is 2.35. The second kappa shape index (κ2) is 5.13. The van der Waals surface area contributed by atoms with Gasteiger partial charge in [0.2, 0.25) is 0 Å². The van der Waals surface area contributed by atoms with Crippen LogP contribution in [0, 0.1) is 5.41 Å². The van der Waals surface area contributed by atoms with Gasteiger partial charge in [0.05, 0.1) is 0 Å². The lowest BCUT2D eigenvalue weighted by molar-refractivity contribution is 0.0943. The van der Waals surface area contributed by atoms with Gasteiger partial charge in [-0.05, 0) is 48.9 Å². The molecule has 2 rings (SSSR count). The van der Waals surface area contributed by atoms with E-state index in [0.717, 1.165) is 17.0 Å². The molecule has 1 amide bonds. The zero-order valence-corrected chi connectivity index (χ0v) is 11.1. The van der Waals surface area contributed by atoms with Crippen molar-refractivity contribution < 1.29 is 4.79 Å². The number of hydrogen-bond donors (Lipinski definition) is 2. The van der Waals surface area contributed by atoms with Crippen LogP contribution in [0.4, 0.5) is 0 Å². The molecule has 0 spiro atoms. The van der Waals surface area contributed by atoms with E-state index < -0.39 is 0 Å². The van der Waals surface area contributed by atoms with Crippen LogP contribution in [-0.4, -0.2) is 12.5 Å². The van der Waals surface area contributed by atoms with Crippen LogP contribution in [0.2, 0.25) is 0 Å². The predicted octanol–water partition coefficient (Wildman–Crippen LogP) is 3.29. The minimum atomic E-state index is 0.0284. The third kappa shape index (κ3) is 3.25. The van der Waals surface area contributed by atoms with Gasteiger partial charge in [0.1, 0.15) is 0 Å². The van der Waals surface area contributed by atoms with Gasteiger partial charge in [0, 0.05) is 17.0 Å². The summed E-state index contributed by atoms with van der Waals surface area (Å²) in [5.41, 5.74) is 1.13. The van der Waals surface area contributed by atoms with E-state index in [1.54, 1.807) is 0 Å². The first kappa shape index (κ1) is 12.5. The molecule has 1 fully saturated rings. The normalized spacial score (nSPS) is 16.6. The summed E-state index contributed by atoms with van der Waals surface area (Å²) < 4.78 is 0. The topological polar surface area (TPSA) is 29.1 Å². The molecule has 0 atom stereocenters. The summed E-state index contributed by atoms with van der Waals surface area (Å²) in [6, 6.07) is 7.32. The quantitative estimate of drug-likeness (QED) is 0.770. The molecule has 1 saturated carbocycles. The fraction of sp³-hybridized carbons (Fsp3) is 0.500. The molecular weight excluding hydrogens is 230 g/mol. The summed E-state index contributed by atoms with van der Waals surface area (Å²) in [4.78, 5) is 12.8. The van der Waals surface area contributed by atoms with E-state index in [1.807, 2.05) is 24.3 Å². The van der Waals surface area contributed by atoms with Crippen molar-refractivity contribution >= 4 is 18.5 Å². The molecule has 92 valence electrons. The van der Waals surface area contributed by atoms with Gasteiger partial charge in [0.25, 0.3) is 5.91 Å². The van der Waals surface area contributed by atoms with Crippen molar-refractivity contribution in [3.8, 4) is 0 Å². The Morgan fingerprint density at radius 2 is 2.00 bits per heavy atom. The van der Waals surface area contributed by atoms with Crippen LogP contribution in [0.1, 0.15) is 43.0 Å². The summed E-state index contributed by atoms with van der Waals surface area (Å²) >= 11 is 4.20. The first-order valence-electron chi connectivity index (χ1n) is 6.22. The van der Waals surface area contributed by atoms with Crippen molar-refractivity contribution in [2.75, 3.05) is 6.54 Å². The number of hydrogen-bond acceptors (Lipinski definition) is 2. The maximum Gasteiger partial charge on any atom is 0.251 e.